The average molecular weight is 728 g/mol. The number of alkyl halides is 3. The Morgan fingerprint density at radius 3 is 1.31 bits per heavy atom. The van der Waals surface area contributed by atoms with Crippen LogP contribution in [-0.2, 0) is 6.18 Å². The first-order valence-electron chi connectivity index (χ1n) is 16.9. The molecule has 10 aromatic rings. The standard InChI is InChI=1S/C47H27F3Se/c48-47(49,50)45-35-22-10-8-20-33(35)43(34-21-9-11-23-36(34)45)38-25-12-26-39-44-37(24-13-27-40(44)51-46(38)39)42-31-18-6-4-16-29(31)41(28-14-2-1-3-15-28)30-17-5-7-19-32(30)42/h1-27H. The predicted molar refractivity (Wildman–Crippen MR) is 210 cm³/mol. The van der Waals surface area contributed by atoms with Crippen LogP contribution in [0.5, 0.6) is 0 Å². The number of benzene rings is 9. The van der Waals surface area contributed by atoms with Crippen molar-refractivity contribution in [3.05, 3.63) is 169 Å². The number of halogens is 3. The molecule has 0 atom stereocenters. The molecule has 0 saturated carbocycles. The molecule has 0 aliphatic carbocycles. The first kappa shape index (κ1) is 30.2. The van der Waals surface area contributed by atoms with Crippen LogP contribution in [0.4, 0.5) is 13.2 Å². The van der Waals surface area contributed by atoms with Gasteiger partial charge in [0.2, 0.25) is 0 Å². The molecule has 4 heteroatoms. The summed E-state index contributed by atoms with van der Waals surface area (Å²) in [7, 11) is 0. The van der Waals surface area contributed by atoms with Gasteiger partial charge in [-0.25, -0.2) is 0 Å². The van der Waals surface area contributed by atoms with Crippen molar-refractivity contribution in [1.29, 1.82) is 0 Å². The molecule has 0 fully saturated rings. The Balaban J connectivity index is 1.32. The number of rotatable bonds is 3. The maximum absolute atomic E-state index is 14.7. The molecular formula is C47H27F3Se. The van der Waals surface area contributed by atoms with E-state index in [1.807, 2.05) is 24.3 Å². The minimum atomic E-state index is -4.49. The molecule has 0 saturated heterocycles. The monoisotopic (exact) mass is 728 g/mol. The quantitative estimate of drug-likeness (QED) is 0.126. The Morgan fingerprint density at radius 1 is 0.353 bits per heavy atom. The Kier molecular flexibility index (Phi) is 6.76. The second-order valence-corrected chi connectivity index (χ2v) is 15.2. The molecule has 51 heavy (non-hydrogen) atoms. The third-order valence-electron chi connectivity index (χ3n) is 10.3. The maximum atomic E-state index is 14.7. The number of fused-ring (bicyclic) bond motifs is 7. The van der Waals surface area contributed by atoms with Crippen LogP contribution in [0.1, 0.15) is 5.56 Å². The zero-order chi connectivity index (χ0) is 34.3. The van der Waals surface area contributed by atoms with Gasteiger partial charge < -0.3 is 0 Å². The molecule has 0 amide bonds. The molecule has 0 N–H and O–H groups in total. The Hall–Kier alpha value is -5.67. The third-order valence-corrected chi connectivity index (χ3v) is 12.8. The molecule has 9 aromatic carbocycles. The summed E-state index contributed by atoms with van der Waals surface area (Å²) in [5.41, 5.74) is 6.10. The molecule has 1 aromatic heterocycles. The predicted octanol–water partition coefficient (Wildman–Crippen LogP) is 13.7. The Morgan fingerprint density at radius 2 is 0.765 bits per heavy atom. The van der Waals surface area contributed by atoms with E-state index in [9.17, 15) is 13.2 Å². The summed E-state index contributed by atoms with van der Waals surface area (Å²) in [6, 6.07) is 55.1. The first-order valence-corrected chi connectivity index (χ1v) is 18.6. The summed E-state index contributed by atoms with van der Waals surface area (Å²) in [6.07, 6.45) is -4.49. The fraction of sp³-hybridized carbons (Fsp3) is 0.0213. The van der Waals surface area contributed by atoms with Crippen LogP contribution in [0.3, 0.4) is 0 Å². The number of hydrogen-bond donors (Lipinski definition) is 0. The Labute approximate surface area is 297 Å². The van der Waals surface area contributed by atoms with E-state index < -0.39 is 11.7 Å². The molecule has 242 valence electrons. The summed E-state index contributed by atoms with van der Waals surface area (Å²) in [5.74, 6) is 0. The zero-order valence-corrected chi connectivity index (χ0v) is 28.8. The molecular weight excluding hydrogens is 700 g/mol. The van der Waals surface area contributed by atoms with Crippen LogP contribution < -0.4 is 0 Å². The fourth-order valence-corrected chi connectivity index (χ4v) is 10.9. The fourth-order valence-electron chi connectivity index (χ4n) is 8.31. The van der Waals surface area contributed by atoms with Gasteiger partial charge in [0.15, 0.2) is 0 Å². The molecule has 10 rings (SSSR count). The second kappa shape index (κ2) is 11.4. The van der Waals surface area contributed by atoms with E-state index in [1.54, 1.807) is 24.3 Å². The minimum absolute atomic E-state index is 0.0717. The summed E-state index contributed by atoms with van der Waals surface area (Å²) < 4.78 is 46.7. The van der Waals surface area contributed by atoms with E-state index in [0.717, 1.165) is 16.5 Å². The molecule has 0 radical (unpaired) electrons. The zero-order valence-electron chi connectivity index (χ0n) is 27.1. The van der Waals surface area contributed by atoms with Crippen LogP contribution in [0.15, 0.2) is 164 Å². The van der Waals surface area contributed by atoms with Gasteiger partial charge in [-0.3, -0.25) is 0 Å². The van der Waals surface area contributed by atoms with Gasteiger partial charge in [0.25, 0.3) is 0 Å². The van der Waals surface area contributed by atoms with Gasteiger partial charge in [0.1, 0.15) is 0 Å². The van der Waals surface area contributed by atoms with Gasteiger partial charge in [-0.1, -0.05) is 0 Å². The number of hydrogen-bond acceptors (Lipinski definition) is 0. The molecule has 0 unspecified atom stereocenters. The van der Waals surface area contributed by atoms with Gasteiger partial charge in [-0.15, -0.1) is 0 Å². The van der Waals surface area contributed by atoms with Crippen molar-refractivity contribution in [3.8, 4) is 33.4 Å². The third kappa shape index (κ3) is 4.54. The van der Waals surface area contributed by atoms with Crippen molar-refractivity contribution in [2.24, 2.45) is 0 Å². The van der Waals surface area contributed by atoms with E-state index in [4.69, 9.17) is 0 Å². The first-order chi connectivity index (χ1) is 25.0. The van der Waals surface area contributed by atoms with E-state index >= 15 is 0 Å². The average Bonchev–Trinajstić information content (AvgIpc) is 3.55. The van der Waals surface area contributed by atoms with Crippen molar-refractivity contribution in [2.45, 2.75) is 6.18 Å². The molecule has 0 spiro atoms. The van der Waals surface area contributed by atoms with Gasteiger partial charge in [-0.2, -0.15) is 0 Å². The molecule has 0 aliphatic heterocycles. The van der Waals surface area contributed by atoms with Crippen LogP contribution in [0, 0.1) is 0 Å². The SMILES string of the molecule is FC(F)(F)c1c2ccccc2c(-c2cccc3c2[se]c2cccc(-c4c5ccccc5c(-c5ccccc5)c5ccccc45)c23)c2ccccc12. The van der Waals surface area contributed by atoms with E-state index in [-0.39, 0.29) is 25.3 Å². The second-order valence-electron chi connectivity index (χ2n) is 13.0. The van der Waals surface area contributed by atoms with E-state index in [2.05, 4.69) is 115 Å². The van der Waals surface area contributed by atoms with E-state index in [1.165, 1.54) is 57.7 Å². The van der Waals surface area contributed by atoms with Crippen LogP contribution >= 0.6 is 0 Å². The molecule has 0 aliphatic rings. The Bertz CT molecular complexity index is 2890. The van der Waals surface area contributed by atoms with Gasteiger partial charge in [-0.05, 0) is 0 Å². The van der Waals surface area contributed by atoms with Crippen molar-refractivity contribution in [2.75, 3.05) is 0 Å². The molecule has 1 heterocycles. The molecule has 0 bridgehead atoms. The van der Waals surface area contributed by atoms with Gasteiger partial charge in [0.05, 0.1) is 0 Å². The van der Waals surface area contributed by atoms with Crippen molar-refractivity contribution in [1.82, 2.24) is 0 Å². The summed E-state index contributed by atoms with van der Waals surface area (Å²) in [6.45, 7) is 0. The summed E-state index contributed by atoms with van der Waals surface area (Å²) >= 11 is -0.0717. The van der Waals surface area contributed by atoms with E-state index in [0.29, 0.717) is 10.8 Å². The van der Waals surface area contributed by atoms with Crippen LogP contribution in [0.25, 0.3) is 95.8 Å². The normalized spacial score (nSPS) is 12.2. The van der Waals surface area contributed by atoms with Crippen molar-refractivity contribution in [3.63, 3.8) is 0 Å². The van der Waals surface area contributed by atoms with Crippen LogP contribution in [0.2, 0.25) is 0 Å². The van der Waals surface area contributed by atoms with Crippen molar-refractivity contribution >= 4 is 76.9 Å². The van der Waals surface area contributed by atoms with Crippen LogP contribution in [-0.4, -0.2) is 14.5 Å². The van der Waals surface area contributed by atoms with Gasteiger partial charge in [0, 0.05) is 0 Å². The molecule has 0 nitrogen and oxygen atoms in total. The summed E-state index contributed by atoms with van der Waals surface area (Å²) in [4.78, 5) is 0. The van der Waals surface area contributed by atoms with Gasteiger partial charge >= 0.3 is 299 Å². The topological polar surface area (TPSA) is 0 Å². The summed E-state index contributed by atoms with van der Waals surface area (Å²) in [5, 5.41) is 8.89. The van der Waals surface area contributed by atoms with Crippen molar-refractivity contribution < 1.29 is 13.2 Å².